The summed E-state index contributed by atoms with van der Waals surface area (Å²) in [7, 11) is 0. The Kier molecular flexibility index (Phi) is 4.39. The zero-order valence-electron chi connectivity index (χ0n) is 5.56. The number of hydrogen-bond acceptors (Lipinski definition) is 1. The predicted octanol–water partition coefficient (Wildman–Crippen LogP) is 1.60. The molecule has 0 fully saturated rings. The van der Waals surface area contributed by atoms with Gasteiger partial charge >= 0.3 is 0 Å². The van der Waals surface area contributed by atoms with E-state index in [0.717, 1.165) is 0 Å². The molecule has 1 nitrogen and oxygen atoms in total. The third kappa shape index (κ3) is 3.70. The van der Waals surface area contributed by atoms with E-state index in [1.54, 1.807) is 13.5 Å². The Labute approximate surface area is 51.0 Å². The molecule has 0 saturated carbocycles. The SMILES string of the molecule is CC#CC(C)O[CH]C. The van der Waals surface area contributed by atoms with E-state index in [2.05, 4.69) is 11.8 Å². The molecule has 0 aliphatic carbocycles. The summed E-state index contributed by atoms with van der Waals surface area (Å²) in [5.74, 6) is 5.60. The molecule has 0 N–H and O–H groups in total. The first-order valence-electron chi connectivity index (χ1n) is 2.66. The fourth-order valence-electron chi connectivity index (χ4n) is 0.441. The zero-order valence-corrected chi connectivity index (χ0v) is 5.56. The van der Waals surface area contributed by atoms with Crippen molar-refractivity contribution in [2.75, 3.05) is 0 Å². The summed E-state index contributed by atoms with van der Waals surface area (Å²) in [5.41, 5.74) is 0. The van der Waals surface area contributed by atoms with Crippen LogP contribution in [-0.2, 0) is 4.74 Å². The van der Waals surface area contributed by atoms with E-state index in [4.69, 9.17) is 4.74 Å². The minimum Gasteiger partial charge on any atom is -0.360 e. The molecule has 0 aliphatic rings. The molecule has 0 amide bonds. The molecule has 8 heavy (non-hydrogen) atoms. The van der Waals surface area contributed by atoms with Gasteiger partial charge in [-0.15, -0.1) is 5.92 Å². The van der Waals surface area contributed by atoms with Gasteiger partial charge in [-0.25, -0.2) is 0 Å². The Hall–Kier alpha value is -0.480. The third-order valence-corrected chi connectivity index (χ3v) is 0.688. The largest absolute Gasteiger partial charge is 0.360 e. The monoisotopic (exact) mass is 111 g/mol. The lowest BCUT2D eigenvalue weighted by Gasteiger charge is -1.99. The van der Waals surface area contributed by atoms with E-state index in [1.165, 1.54) is 0 Å². The second-order valence-corrected chi connectivity index (χ2v) is 1.41. The predicted molar refractivity (Wildman–Crippen MR) is 34.0 cm³/mol. The molecule has 0 aliphatic heterocycles. The molecule has 0 saturated heterocycles. The highest BCUT2D eigenvalue weighted by Gasteiger charge is 1.89. The Bertz CT molecular complexity index is 96.7. The van der Waals surface area contributed by atoms with Crippen molar-refractivity contribution in [2.45, 2.75) is 26.9 Å². The van der Waals surface area contributed by atoms with Crippen molar-refractivity contribution in [3.05, 3.63) is 6.61 Å². The summed E-state index contributed by atoms with van der Waals surface area (Å²) in [6.45, 7) is 7.20. The number of ether oxygens (including phenoxy) is 1. The number of rotatable bonds is 2. The van der Waals surface area contributed by atoms with Gasteiger partial charge in [-0.05, 0) is 20.8 Å². The normalized spacial score (nSPS) is 11.9. The van der Waals surface area contributed by atoms with Gasteiger partial charge in [0.2, 0.25) is 0 Å². The second-order valence-electron chi connectivity index (χ2n) is 1.41. The number of hydrogen-bond donors (Lipinski definition) is 0. The lowest BCUT2D eigenvalue weighted by molar-refractivity contribution is 0.169. The van der Waals surface area contributed by atoms with Crippen LogP contribution in [0, 0.1) is 18.4 Å². The standard InChI is InChI=1S/C7H11O/c1-4-6-7(3)8-5-2/h5,7H,1-3H3. The molecule has 0 aromatic rings. The van der Waals surface area contributed by atoms with Gasteiger partial charge in [-0.3, -0.25) is 0 Å². The minimum atomic E-state index is 0.0463. The average molecular weight is 111 g/mol. The molecule has 0 spiro atoms. The van der Waals surface area contributed by atoms with Gasteiger partial charge in [0.25, 0.3) is 0 Å². The highest BCUT2D eigenvalue weighted by molar-refractivity contribution is 5.00. The van der Waals surface area contributed by atoms with Crippen LogP contribution >= 0.6 is 0 Å². The molecule has 1 heteroatoms. The van der Waals surface area contributed by atoms with Crippen LogP contribution in [-0.4, -0.2) is 6.10 Å². The fraction of sp³-hybridized carbons (Fsp3) is 0.571. The molecule has 0 bridgehead atoms. The van der Waals surface area contributed by atoms with E-state index in [0.29, 0.717) is 0 Å². The Morgan fingerprint density at radius 2 is 2.25 bits per heavy atom. The fourth-order valence-corrected chi connectivity index (χ4v) is 0.441. The van der Waals surface area contributed by atoms with Crippen molar-refractivity contribution in [1.82, 2.24) is 0 Å². The maximum absolute atomic E-state index is 4.98. The summed E-state index contributed by atoms with van der Waals surface area (Å²) >= 11 is 0. The molecule has 0 aromatic carbocycles. The maximum Gasteiger partial charge on any atom is 0.115 e. The van der Waals surface area contributed by atoms with Crippen LogP contribution < -0.4 is 0 Å². The van der Waals surface area contributed by atoms with Crippen LogP contribution in [0.2, 0.25) is 0 Å². The van der Waals surface area contributed by atoms with Crippen molar-refractivity contribution < 1.29 is 4.74 Å². The van der Waals surface area contributed by atoms with E-state index in [9.17, 15) is 0 Å². The van der Waals surface area contributed by atoms with Crippen LogP contribution in [0.25, 0.3) is 0 Å². The highest BCUT2D eigenvalue weighted by Crippen LogP contribution is 1.88. The molecule has 0 heterocycles. The highest BCUT2D eigenvalue weighted by atomic mass is 16.5. The van der Waals surface area contributed by atoms with Crippen LogP contribution in [0.3, 0.4) is 0 Å². The van der Waals surface area contributed by atoms with E-state index in [-0.39, 0.29) is 6.10 Å². The van der Waals surface area contributed by atoms with Gasteiger partial charge in [-0.2, -0.15) is 0 Å². The first-order chi connectivity index (χ1) is 3.81. The average Bonchev–Trinajstić information content (AvgIpc) is 1.68. The lowest BCUT2D eigenvalue weighted by atomic mass is 10.4. The van der Waals surface area contributed by atoms with Gasteiger partial charge in [-0.1, -0.05) is 5.92 Å². The Balaban J connectivity index is 3.27. The lowest BCUT2D eigenvalue weighted by Crippen LogP contribution is -2.00. The smallest absolute Gasteiger partial charge is 0.115 e. The van der Waals surface area contributed by atoms with Crippen molar-refractivity contribution >= 4 is 0 Å². The first-order valence-corrected chi connectivity index (χ1v) is 2.66. The van der Waals surface area contributed by atoms with Crippen LogP contribution in [0.5, 0.6) is 0 Å². The van der Waals surface area contributed by atoms with Crippen LogP contribution in [0.4, 0.5) is 0 Å². The quantitative estimate of drug-likeness (QED) is 0.492. The van der Waals surface area contributed by atoms with Crippen molar-refractivity contribution in [2.24, 2.45) is 0 Å². The van der Waals surface area contributed by atoms with Gasteiger partial charge in [0.15, 0.2) is 0 Å². The molecule has 1 radical (unpaired) electrons. The van der Waals surface area contributed by atoms with Crippen LogP contribution in [0.1, 0.15) is 20.8 Å². The molecule has 0 aromatic heterocycles. The van der Waals surface area contributed by atoms with Crippen molar-refractivity contribution in [3.63, 3.8) is 0 Å². The minimum absolute atomic E-state index is 0.0463. The Morgan fingerprint density at radius 3 is 2.62 bits per heavy atom. The molecular weight excluding hydrogens is 100 g/mol. The van der Waals surface area contributed by atoms with Gasteiger partial charge < -0.3 is 4.74 Å². The summed E-state index contributed by atoms with van der Waals surface area (Å²) in [6.07, 6.45) is 0.0463. The molecular formula is C7H11O. The van der Waals surface area contributed by atoms with Gasteiger partial charge in [0, 0.05) is 0 Å². The van der Waals surface area contributed by atoms with E-state index in [1.807, 2.05) is 13.8 Å². The maximum atomic E-state index is 4.98. The van der Waals surface area contributed by atoms with Gasteiger partial charge in [0.1, 0.15) is 6.10 Å². The first kappa shape index (κ1) is 7.52. The van der Waals surface area contributed by atoms with Crippen molar-refractivity contribution in [3.8, 4) is 11.8 Å². The van der Waals surface area contributed by atoms with E-state index < -0.39 is 0 Å². The van der Waals surface area contributed by atoms with Crippen molar-refractivity contribution in [1.29, 1.82) is 0 Å². The summed E-state index contributed by atoms with van der Waals surface area (Å²) in [4.78, 5) is 0. The molecule has 1 unspecified atom stereocenters. The Morgan fingerprint density at radius 1 is 1.62 bits per heavy atom. The molecule has 0 rings (SSSR count). The van der Waals surface area contributed by atoms with E-state index >= 15 is 0 Å². The molecule has 1 atom stereocenters. The second kappa shape index (κ2) is 4.67. The summed E-state index contributed by atoms with van der Waals surface area (Å²) < 4.78 is 4.98. The van der Waals surface area contributed by atoms with Crippen LogP contribution in [0.15, 0.2) is 0 Å². The topological polar surface area (TPSA) is 9.23 Å². The summed E-state index contributed by atoms with van der Waals surface area (Å²) in [6, 6.07) is 0. The van der Waals surface area contributed by atoms with Gasteiger partial charge in [0.05, 0.1) is 6.61 Å². The zero-order chi connectivity index (χ0) is 6.41. The third-order valence-electron chi connectivity index (χ3n) is 0.688. The molecule has 45 valence electrons. The summed E-state index contributed by atoms with van der Waals surface area (Å²) in [5, 5.41) is 0.